The van der Waals surface area contributed by atoms with Gasteiger partial charge in [-0.25, -0.2) is 9.78 Å². The zero-order valence-electron chi connectivity index (χ0n) is 18.6. The van der Waals surface area contributed by atoms with Crippen molar-refractivity contribution >= 4 is 12.4 Å². The van der Waals surface area contributed by atoms with Gasteiger partial charge in [0, 0.05) is 23.4 Å². The van der Waals surface area contributed by atoms with Gasteiger partial charge in [0.1, 0.15) is 11.9 Å². The predicted molar refractivity (Wildman–Crippen MR) is 124 cm³/mol. The topological polar surface area (TPSA) is 83.3 Å². The summed E-state index contributed by atoms with van der Waals surface area (Å²) in [6.45, 7) is 5.30. The highest BCUT2D eigenvalue weighted by Gasteiger charge is 2.22. The lowest BCUT2D eigenvalue weighted by atomic mass is 10.0. The van der Waals surface area contributed by atoms with Crippen molar-refractivity contribution in [2.45, 2.75) is 26.4 Å². The van der Waals surface area contributed by atoms with Crippen molar-refractivity contribution in [3.05, 3.63) is 84.6 Å². The molecule has 0 aliphatic heterocycles. The second-order valence-corrected chi connectivity index (χ2v) is 8.35. The molecule has 0 atom stereocenters. The zero-order chi connectivity index (χ0) is 23.4. The number of carbonyl (C=O) groups excluding carboxylic acids is 2. The van der Waals surface area contributed by atoms with Gasteiger partial charge in [-0.15, -0.1) is 0 Å². The highest BCUT2D eigenvalue weighted by Crippen LogP contribution is 2.29. The summed E-state index contributed by atoms with van der Waals surface area (Å²) in [6.07, 6.45) is 1.64. The summed E-state index contributed by atoms with van der Waals surface area (Å²) in [6, 6.07) is 22.2. The Balaban J connectivity index is 1.67. The first kappa shape index (κ1) is 22.0. The molecule has 0 fully saturated rings. The summed E-state index contributed by atoms with van der Waals surface area (Å²) in [5.74, 6) is 0.699. The van der Waals surface area contributed by atoms with Crippen molar-refractivity contribution in [2.75, 3.05) is 0 Å². The molecule has 0 unspecified atom stereocenters. The number of nitrogens with zero attached hydrogens (tertiary/aromatic N) is 3. The molecule has 0 spiro atoms. The minimum Gasteiger partial charge on any atom is -0.428 e. The Morgan fingerprint density at radius 2 is 1.67 bits per heavy atom. The van der Waals surface area contributed by atoms with Crippen LogP contribution in [0.15, 0.2) is 79.0 Å². The standard InChI is InChI=1S/C26H23N3O4/c1-26(2,3)33-25(31)32-24-16-22(28-29(24)23-9-4-5-14-27-23)20-12-10-19(11-13-20)21-8-6-7-18(15-21)17-30/h4-17H,1-3H3. The highest BCUT2D eigenvalue weighted by molar-refractivity contribution is 5.79. The lowest BCUT2D eigenvalue weighted by Gasteiger charge is -2.18. The summed E-state index contributed by atoms with van der Waals surface area (Å²) in [5.41, 5.74) is 3.28. The molecule has 7 heteroatoms. The van der Waals surface area contributed by atoms with Crippen LogP contribution in [0, 0.1) is 0 Å². The van der Waals surface area contributed by atoms with Gasteiger partial charge in [-0.2, -0.15) is 9.78 Å². The van der Waals surface area contributed by atoms with Gasteiger partial charge in [-0.3, -0.25) is 4.79 Å². The van der Waals surface area contributed by atoms with Crippen LogP contribution in [0.3, 0.4) is 0 Å². The SMILES string of the molecule is CC(C)(C)OC(=O)Oc1cc(-c2ccc(-c3cccc(C=O)c3)cc2)nn1-c1ccccn1. The number of ether oxygens (including phenoxy) is 2. The number of benzene rings is 2. The van der Waals surface area contributed by atoms with Gasteiger partial charge in [0.15, 0.2) is 5.82 Å². The van der Waals surface area contributed by atoms with Crippen LogP contribution in [-0.4, -0.2) is 32.8 Å². The van der Waals surface area contributed by atoms with E-state index in [4.69, 9.17) is 9.47 Å². The summed E-state index contributed by atoms with van der Waals surface area (Å²) in [7, 11) is 0. The zero-order valence-corrected chi connectivity index (χ0v) is 18.6. The second-order valence-electron chi connectivity index (χ2n) is 8.35. The molecule has 0 aliphatic carbocycles. The number of hydrogen-bond acceptors (Lipinski definition) is 6. The van der Waals surface area contributed by atoms with E-state index < -0.39 is 11.8 Å². The first-order chi connectivity index (χ1) is 15.8. The van der Waals surface area contributed by atoms with Crippen LogP contribution in [-0.2, 0) is 4.74 Å². The van der Waals surface area contributed by atoms with E-state index in [0.29, 0.717) is 17.1 Å². The van der Waals surface area contributed by atoms with Gasteiger partial charge < -0.3 is 9.47 Å². The van der Waals surface area contributed by atoms with Crippen molar-refractivity contribution in [1.29, 1.82) is 0 Å². The first-order valence-electron chi connectivity index (χ1n) is 10.4. The molecule has 33 heavy (non-hydrogen) atoms. The molecule has 4 aromatic rings. The maximum Gasteiger partial charge on any atom is 0.515 e. The Kier molecular flexibility index (Phi) is 6.04. The van der Waals surface area contributed by atoms with Gasteiger partial charge in [-0.05, 0) is 50.1 Å². The maximum atomic E-state index is 12.3. The fourth-order valence-corrected chi connectivity index (χ4v) is 3.20. The molecule has 0 saturated carbocycles. The third-order valence-corrected chi connectivity index (χ3v) is 4.66. The number of aldehydes is 1. The lowest BCUT2D eigenvalue weighted by Crippen LogP contribution is -2.26. The fraction of sp³-hybridized carbons (Fsp3) is 0.154. The predicted octanol–water partition coefficient (Wildman–Crippen LogP) is 5.73. The molecule has 2 heterocycles. The number of carbonyl (C=O) groups is 2. The van der Waals surface area contributed by atoms with Crippen molar-refractivity contribution in [3.63, 3.8) is 0 Å². The molecule has 2 aromatic carbocycles. The highest BCUT2D eigenvalue weighted by atomic mass is 16.7. The van der Waals surface area contributed by atoms with Crippen LogP contribution >= 0.6 is 0 Å². The molecule has 4 rings (SSSR count). The van der Waals surface area contributed by atoms with Gasteiger partial charge in [0.25, 0.3) is 0 Å². The summed E-state index contributed by atoms with van der Waals surface area (Å²) in [4.78, 5) is 27.7. The van der Waals surface area contributed by atoms with Gasteiger partial charge in [-0.1, -0.05) is 48.5 Å². The Hall–Kier alpha value is -4.26. The molecular weight excluding hydrogens is 418 g/mol. The number of rotatable bonds is 5. The van der Waals surface area contributed by atoms with Gasteiger partial charge in [0.2, 0.25) is 5.88 Å². The maximum absolute atomic E-state index is 12.3. The van der Waals surface area contributed by atoms with Crippen LogP contribution in [0.25, 0.3) is 28.2 Å². The van der Waals surface area contributed by atoms with E-state index >= 15 is 0 Å². The van der Waals surface area contributed by atoms with E-state index in [0.717, 1.165) is 23.0 Å². The van der Waals surface area contributed by atoms with Gasteiger partial charge >= 0.3 is 6.16 Å². The summed E-state index contributed by atoms with van der Waals surface area (Å²) < 4.78 is 12.2. The summed E-state index contributed by atoms with van der Waals surface area (Å²) in [5, 5.41) is 4.61. The Bertz CT molecular complexity index is 1270. The first-order valence-corrected chi connectivity index (χ1v) is 10.4. The van der Waals surface area contributed by atoms with Crippen molar-refractivity contribution in [2.24, 2.45) is 0 Å². The number of pyridine rings is 1. The van der Waals surface area contributed by atoms with E-state index in [-0.39, 0.29) is 5.88 Å². The lowest BCUT2D eigenvalue weighted by molar-refractivity contribution is 0.0192. The molecule has 0 radical (unpaired) electrons. The molecule has 166 valence electrons. The molecule has 0 bridgehead atoms. The largest absolute Gasteiger partial charge is 0.515 e. The monoisotopic (exact) mass is 441 g/mol. The van der Waals surface area contributed by atoms with Crippen LogP contribution in [0.2, 0.25) is 0 Å². The van der Waals surface area contributed by atoms with E-state index in [1.807, 2.05) is 48.5 Å². The quantitative estimate of drug-likeness (QED) is 0.291. The second kappa shape index (κ2) is 9.08. The average molecular weight is 441 g/mol. The van der Waals surface area contributed by atoms with Crippen LogP contribution in [0.1, 0.15) is 31.1 Å². The van der Waals surface area contributed by atoms with Crippen LogP contribution < -0.4 is 4.74 Å². The van der Waals surface area contributed by atoms with Crippen molar-refractivity contribution in [1.82, 2.24) is 14.8 Å². The minimum atomic E-state index is -0.823. The van der Waals surface area contributed by atoms with Crippen LogP contribution in [0.4, 0.5) is 4.79 Å². The molecule has 0 saturated heterocycles. The molecule has 2 aromatic heterocycles. The summed E-state index contributed by atoms with van der Waals surface area (Å²) >= 11 is 0. The molecule has 0 N–H and O–H groups in total. The molecule has 0 aliphatic rings. The number of hydrogen-bond donors (Lipinski definition) is 0. The van der Waals surface area contributed by atoms with E-state index in [9.17, 15) is 9.59 Å². The third-order valence-electron chi connectivity index (χ3n) is 4.66. The fourth-order valence-electron chi connectivity index (χ4n) is 3.20. The Morgan fingerprint density at radius 1 is 0.909 bits per heavy atom. The van der Waals surface area contributed by atoms with E-state index in [1.54, 1.807) is 51.2 Å². The smallest absolute Gasteiger partial charge is 0.428 e. The molecule has 7 nitrogen and oxygen atoms in total. The van der Waals surface area contributed by atoms with E-state index in [2.05, 4.69) is 10.1 Å². The van der Waals surface area contributed by atoms with Crippen molar-refractivity contribution < 1.29 is 19.1 Å². The Morgan fingerprint density at radius 3 is 2.33 bits per heavy atom. The minimum absolute atomic E-state index is 0.195. The van der Waals surface area contributed by atoms with Gasteiger partial charge in [0.05, 0.1) is 5.69 Å². The molecule has 0 amide bonds. The Labute approximate surface area is 191 Å². The van der Waals surface area contributed by atoms with Crippen LogP contribution in [0.5, 0.6) is 5.88 Å². The molecular formula is C26H23N3O4. The normalized spacial score (nSPS) is 11.1. The van der Waals surface area contributed by atoms with E-state index in [1.165, 1.54) is 4.68 Å². The number of aromatic nitrogens is 3. The average Bonchev–Trinajstić information content (AvgIpc) is 3.22. The third kappa shape index (κ3) is 5.33. The van der Waals surface area contributed by atoms with Crippen molar-refractivity contribution in [3.8, 4) is 34.1 Å².